The summed E-state index contributed by atoms with van der Waals surface area (Å²) in [6, 6.07) is 29.1. The second kappa shape index (κ2) is 23.8. The van der Waals surface area contributed by atoms with E-state index >= 15 is 0 Å². The van der Waals surface area contributed by atoms with Gasteiger partial charge in [-0.15, -0.1) is 6.58 Å². The van der Waals surface area contributed by atoms with E-state index in [-0.39, 0.29) is 83.6 Å². The Labute approximate surface area is 382 Å². The van der Waals surface area contributed by atoms with Crippen LogP contribution < -0.4 is 9.47 Å². The molecule has 0 radical (unpaired) electrons. The molecule has 0 bridgehead atoms. The van der Waals surface area contributed by atoms with Crippen molar-refractivity contribution in [2.24, 2.45) is 22.9 Å². The Morgan fingerprint density at radius 2 is 1.60 bits per heavy atom. The Bertz CT molecular complexity index is 2220. The molecule has 0 spiro atoms. The van der Waals surface area contributed by atoms with E-state index in [0.717, 1.165) is 53.2 Å². The van der Waals surface area contributed by atoms with Crippen LogP contribution in [0.1, 0.15) is 62.0 Å². The minimum Gasteiger partial charge on any atom is -0.459 e. The predicted octanol–water partition coefficient (Wildman–Crippen LogP) is 8.56. The number of aliphatic hydroxyl groups is 3. The lowest BCUT2D eigenvalue weighted by Crippen LogP contribution is -2.70. The van der Waals surface area contributed by atoms with E-state index in [1.807, 2.05) is 72.8 Å². The summed E-state index contributed by atoms with van der Waals surface area (Å²) in [5.74, 6) is -0.233. The smallest absolute Gasteiger partial charge is 0.410 e. The Hall–Kier alpha value is -5.28. The van der Waals surface area contributed by atoms with Crippen molar-refractivity contribution in [1.29, 1.82) is 0 Å². The summed E-state index contributed by atoms with van der Waals surface area (Å²) in [7, 11) is 1.52. The van der Waals surface area contributed by atoms with E-state index < -0.39 is 23.8 Å². The van der Waals surface area contributed by atoms with Crippen molar-refractivity contribution in [1.82, 2.24) is 4.90 Å². The topological polar surface area (TPSA) is 158 Å². The number of nitrogens with zero attached hydrogens (tertiary/aromatic N) is 2. The van der Waals surface area contributed by atoms with E-state index in [1.54, 1.807) is 11.0 Å². The summed E-state index contributed by atoms with van der Waals surface area (Å²) in [5, 5.41) is 36.3. The molecule has 13 heteroatoms. The molecule has 4 aromatic rings. The number of carbonyl (C=O) groups is 1. The summed E-state index contributed by atoms with van der Waals surface area (Å²) in [4.78, 5) is 21.8. The summed E-state index contributed by atoms with van der Waals surface area (Å²) in [6.07, 6.45) is 8.06. The molecule has 13 nitrogen and oxygen atoms in total. The maximum atomic E-state index is 14.6. The fraction of sp³-hybridized carbons (Fsp3) is 0.462. The Kier molecular flexibility index (Phi) is 17.4. The van der Waals surface area contributed by atoms with Crippen LogP contribution in [-0.4, -0.2) is 110 Å². The van der Waals surface area contributed by atoms with Crippen LogP contribution in [0.25, 0.3) is 10.8 Å². The van der Waals surface area contributed by atoms with Crippen LogP contribution >= 0.6 is 0 Å². The number of carbonyl (C=O) groups excluding carboxylic acids is 1. The number of aliphatic hydroxyl groups excluding tert-OH is 3. The Balaban J connectivity index is 1.33. The number of hydrogen-bond acceptors (Lipinski definition) is 12. The minimum absolute atomic E-state index is 0.00471. The van der Waals surface area contributed by atoms with Gasteiger partial charge in [0.05, 0.1) is 51.3 Å². The molecule has 2 aliphatic carbocycles. The van der Waals surface area contributed by atoms with Crippen molar-refractivity contribution < 1.29 is 53.4 Å². The molecule has 1 amide bonds. The number of fused-ring (bicyclic) bond motifs is 3. The second-order valence-corrected chi connectivity index (χ2v) is 16.7. The molecule has 3 N–H and O–H groups in total. The number of unbranched alkanes of at least 4 members (excludes halogenated alkanes) is 2. The summed E-state index contributed by atoms with van der Waals surface area (Å²) >= 11 is 0. The van der Waals surface area contributed by atoms with Crippen LogP contribution in [0.2, 0.25) is 0 Å². The number of amides is 1. The van der Waals surface area contributed by atoms with Crippen LogP contribution in [0.15, 0.2) is 120 Å². The molecular weight excluding hydrogens is 829 g/mol. The third kappa shape index (κ3) is 11.4. The number of hydrogen-bond donors (Lipinski definition) is 3. The molecule has 0 aromatic heterocycles. The van der Waals surface area contributed by atoms with Gasteiger partial charge >= 0.3 is 6.09 Å². The zero-order chi connectivity index (χ0) is 45.4. The standard InChI is InChI=1S/C52H64N2O11/c1-3-27-63-52-48(54(23-28-60-29-26-57)51(58)62-31-30-61-36-37-13-5-4-6-14-37)35-46(53-59-2)44-33-40(17-9-11-24-55)43(18-10-12-25-56)49(50(44)52)45-34-42(21-22-47(45)65-52)64-41-20-19-38-15-7-8-16-39(38)32-41/h3-8,13-16,19-22,32-34,40,43,48-50,55-57H,1,9-12,17-18,23-31,35-36H2,2H3. The van der Waals surface area contributed by atoms with Gasteiger partial charge in [0.15, 0.2) is 0 Å². The van der Waals surface area contributed by atoms with Gasteiger partial charge in [0.25, 0.3) is 0 Å². The fourth-order valence-electron chi connectivity index (χ4n) is 9.93. The lowest BCUT2D eigenvalue weighted by atomic mass is 9.55. The average Bonchev–Trinajstić information content (AvgIpc) is 3.33. The van der Waals surface area contributed by atoms with Crippen molar-refractivity contribution in [2.45, 2.75) is 69.3 Å². The third-order valence-electron chi connectivity index (χ3n) is 12.7. The SMILES string of the molecule is C=CCOC12Oc3ccc(Oc4ccc5ccccc5c4)cc3C3C(CCCCO)C(CCCCO)C=C(C(=NOC)CC1N(CCOCCO)C(=O)OCCOCc1ccccc1)C32. The highest BCUT2D eigenvalue weighted by Gasteiger charge is 2.65. The highest BCUT2D eigenvalue weighted by molar-refractivity contribution is 6.03. The number of oxime groups is 1. The Morgan fingerprint density at radius 1 is 0.846 bits per heavy atom. The van der Waals surface area contributed by atoms with E-state index in [2.05, 4.69) is 36.0 Å². The molecule has 0 saturated heterocycles. The first-order chi connectivity index (χ1) is 31.9. The molecule has 6 unspecified atom stereocenters. The Morgan fingerprint density at radius 3 is 2.37 bits per heavy atom. The normalized spacial score (nSPS) is 22.6. The van der Waals surface area contributed by atoms with Crippen molar-refractivity contribution in [3.63, 3.8) is 0 Å². The molecule has 1 fully saturated rings. The van der Waals surface area contributed by atoms with Gasteiger partial charge in [0, 0.05) is 37.7 Å². The van der Waals surface area contributed by atoms with Crippen LogP contribution in [0.5, 0.6) is 17.2 Å². The maximum absolute atomic E-state index is 14.6. The lowest BCUT2D eigenvalue weighted by molar-refractivity contribution is -0.256. The average molecular weight is 893 g/mol. The number of allylic oxidation sites excluding steroid dienone is 1. The van der Waals surface area contributed by atoms with Gasteiger partial charge in [-0.2, -0.15) is 0 Å². The lowest BCUT2D eigenvalue weighted by Gasteiger charge is -2.59. The minimum atomic E-state index is -1.49. The van der Waals surface area contributed by atoms with Crippen LogP contribution in [0, 0.1) is 17.8 Å². The van der Waals surface area contributed by atoms with Crippen molar-refractivity contribution >= 4 is 22.6 Å². The van der Waals surface area contributed by atoms with E-state index in [0.29, 0.717) is 42.4 Å². The quantitative estimate of drug-likeness (QED) is 0.0333. The largest absolute Gasteiger partial charge is 0.459 e. The first-order valence-electron chi connectivity index (χ1n) is 23.0. The number of benzene rings is 4. The zero-order valence-corrected chi connectivity index (χ0v) is 37.4. The molecule has 1 aliphatic heterocycles. The summed E-state index contributed by atoms with van der Waals surface area (Å²) < 4.78 is 38.6. The molecule has 348 valence electrons. The van der Waals surface area contributed by atoms with Crippen molar-refractivity contribution in [3.05, 3.63) is 126 Å². The van der Waals surface area contributed by atoms with Crippen molar-refractivity contribution in [3.8, 4) is 17.2 Å². The van der Waals surface area contributed by atoms with Crippen LogP contribution in [0.4, 0.5) is 4.79 Å². The monoisotopic (exact) mass is 892 g/mol. The first-order valence-corrected chi connectivity index (χ1v) is 23.0. The first kappa shape index (κ1) is 47.7. The van der Waals surface area contributed by atoms with Gasteiger partial charge < -0.3 is 48.6 Å². The van der Waals surface area contributed by atoms with Crippen LogP contribution in [0.3, 0.4) is 0 Å². The van der Waals surface area contributed by atoms with Gasteiger partial charge in [0.1, 0.15) is 37.0 Å². The van der Waals surface area contributed by atoms with Gasteiger partial charge in [0.2, 0.25) is 5.79 Å². The van der Waals surface area contributed by atoms with Gasteiger partial charge in [-0.1, -0.05) is 90.8 Å². The van der Waals surface area contributed by atoms with E-state index in [1.165, 1.54) is 7.11 Å². The highest BCUT2D eigenvalue weighted by atomic mass is 16.7. The van der Waals surface area contributed by atoms with Gasteiger partial charge in [-0.05, 0) is 89.8 Å². The fourth-order valence-corrected chi connectivity index (χ4v) is 9.93. The number of ether oxygens (including phenoxy) is 6. The predicted molar refractivity (Wildman–Crippen MR) is 248 cm³/mol. The summed E-state index contributed by atoms with van der Waals surface area (Å²) in [6.45, 7) is 4.94. The molecule has 65 heavy (non-hydrogen) atoms. The molecule has 4 aromatic carbocycles. The van der Waals surface area contributed by atoms with Gasteiger partial charge in [-0.3, -0.25) is 4.90 Å². The molecule has 6 atom stereocenters. The molecule has 7 rings (SSSR count). The second-order valence-electron chi connectivity index (χ2n) is 16.7. The third-order valence-corrected chi connectivity index (χ3v) is 12.7. The summed E-state index contributed by atoms with van der Waals surface area (Å²) in [5.41, 5.74) is 3.51. The molecule has 3 aliphatic rings. The zero-order valence-electron chi connectivity index (χ0n) is 37.4. The highest BCUT2D eigenvalue weighted by Crippen LogP contribution is 2.62. The molecule has 1 saturated carbocycles. The molecule has 1 heterocycles. The van der Waals surface area contributed by atoms with Crippen LogP contribution in [-0.2, 0) is 30.4 Å². The maximum Gasteiger partial charge on any atom is 0.410 e. The van der Waals surface area contributed by atoms with Gasteiger partial charge in [-0.25, -0.2) is 4.79 Å². The number of rotatable bonds is 25. The van der Waals surface area contributed by atoms with Crippen molar-refractivity contribution in [2.75, 3.05) is 66.5 Å². The molecular formula is C52H64N2O11. The van der Waals surface area contributed by atoms with E-state index in [9.17, 15) is 20.1 Å². The van der Waals surface area contributed by atoms with E-state index in [4.69, 9.17) is 33.3 Å².